The van der Waals surface area contributed by atoms with E-state index in [1.165, 1.54) is 0 Å². The molecule has 0 unspecified atom stereocenters. The number of hydrogen-bond acceptors (Lipinski definition) is 2. The van der Waals surface area contributed by atoms with E-state index in [1.54, 1.807) is 0 Å². The number of esters is 1. The van der Waals surface area contributed by atoms with Gasteiger partial charge in [-0.1, -0.05) is 55.5 Å². The average molecular weight is 294 g/mol. The second kappa shape index (κ2) is 4.98. The summed E-state index contributed by atoms with van der Waals surface area (Å²) in [5, 5.41) is 0. The van der Waals surface area contributed by atoms with Crippen molar-refractivity contribution in [2.24, 2.45) is 5.41 Å². The third-order valence-electron chi connectivity index (χ3n) is 4.91. The summed E-state index contributed by atoms with van der Waals surface area (Å²) in [5.41, 5.74) is 3.25. The van der Waals surface area contributed by atoms with E-state index in [9.17, 15) is 4.79 Å². The third kappa shape index (κ3) is 2.06. The summed E-state index contributed by atoms with van der Waals surface area (Å²) in [7, 11) is 0. The molecule has 2 nitrogen and oxygen atoms in total. The molecule has 0 aromatic heterocycles. The van der Waals surface area contributed by atoms with Gasteiger partial charge in [-0.3, -0.25) is 4.79 Å². The molecule has 0 radical (unpaired) electrons. The highest BCUT2D eigenvalue weighted by Gasteiger charge is 2.44. The van der Waals surface area contributed by atoms with Crippen LogP contribution in [-0.2, 0) is 15.1 Å². The molecule has 0 N–H and O–H groups in total. The maximum atomic E-state index is 12.7. The van der Waals surface area contributed by atoms with E-state index in [4.69, 9.17) is 4.74 Å². The van der Waals surface area contributed by atoms with Gasteiger partial charge in [0.25, 0.3) is 0 Å². The van der Waals surface area contributed by atoms with Gasteiger partial charge in [-0.05, 0) is 38.3 Å². The summed E-state index contributed by atoms with van der Waals surface area (Å²) >= 11 is 0. The van der Waals surface area contributed by atoms with Crippen LogP contribution in [0.15, 0.2) is 48.5 Å². The predicted octanol–water partition coefficient (Wildman–Crippen LogP) is 4.91. The highest BCUT2D eigenvalue weighted by Crippen LogP contribution is 2.50. The lowest BCUT2D eigenvalue weighted by atomic mass is 9.88. The molecule has 0 bridgehead atoms. The van der Waals surface area contributed by atoms with Crippen molar-refractivity contribution in [1.29, 1.82) is 0 Å². The molecule has 3 rings (SSSR count). The van der Waals surface area contributed by atoms with Crippen molar-refractivity contribution in [1.82, 2.24) is 0 Å². The Labute approximate surface area is 132 Å². The fraction of sp³-hybridized carbons (Fsp3) is 0.350. The average Bonchev–Trinajstić information content (AvgIpc) is 2.78. The number of fused-ring (bicyclic) bond motifs is 3. The first-order valence-electron chi connectivity index (χ1n) is 7.83. The SMILES string of the molecule is CCC(C)(C)C(=O)OC1(C)c2ccccc2-c2ccccc21. The molecule has 0 saturated heterocycles. The molecule has 0 fully saturated rings. The normalized spacial score (nSPS) is 15.1. The first-order chi connectivity index (χ1) is 10.4. The molecule has 0 saturated carbocycles. The van der Waals surface area contributed by atoms with Crippen molar-refractivity contribution in [3.8, 4) is 11.1 Å². The number of carbonyl (C=O) groups excluding carboxylic acids is 1. The molecule has 2 heteroatoms. The standard InChI is InChI=1S/C20H22O2/c1-5-19(2,3)18(21)22-20(4)16-12-8-6-10-14(16)15-11-7-9-13-17(15)20/h6-13H,5H2,1-4H3. The van der Waals surface area contributed by atoms with Crippen molar-refractivity contribution < 1.29 is 9.53 Å². The maximum Gasteiger partial charge on any atom is 0.312 e. The lowest BCUT2D eigenvalue weighted by Gasteiger charge is -2.32. The number of carbonyl (C=O) groups is 1. The molecular formula is C20H22O2. The van der Waals surface area contributed by atoms with Crippen LogP contribution in [0.5, 0.6) is 0 Å². The molecule has 2 aromatic rings. The summed E-state index contributed by atoms with van der Waals surface area (Å²) < 4.78 is 6.07. The zero-order chi connectivity index (χ0) is 16.0. The van der Waals surface area contributed by atoms with E-state index < -0.39 is 11.0 Å². The van der Waals surface area contributed by atoms with Crippen molar-refractivity contribution in [2.45, 2.75) is 39.7 Å². The molecule has 0 atom stereocenters. The first kappa shape index (κ1) is 14.8. The van der Waals surface area contributed by atoms with Crippen LogP contribution in [0.4, 0.5) is 0 Å². The van der Waals surface area contributed by atoms with Gasteiger partial charge in [-0.2, -0.15) is 0 Å². The number of benzene rings is 2. The van der Waals surface area contributed by atoms with E-state index in [1.807, 2.05) is 52.0 Å². The minimum atomic E-state index is -0.712. The van der Waals surface area contributed by atoms with Gasteiger partial charge in [-0.15, -0.1) is 0 Å². The number of hydrogen-bond donors (Lipinski definition) is 0. The Morgan fingerprint density at radius 1 is 1.00 bits per heavy atom. The lowest BCUT2D eigenvalue weighted by Crippen LogP contribution is -2.35. The van der Waals surface area contributed by atoms with Crippen LogP contribution in [0.3, 0.4) is 0 Å². The van der Waals surface area contributed by atoms with Crippen molar-refractivity contribution in [3.05, 3.63) is 59.7 Å². The smallest absolute Gasteiger partial charge is 0.312 e. The summed E-state index contributed by atoms with van der Waals surface area (Å²) in [4.78, 5) is 12.7. The van der Waals surface area contributed by atoms with Crippen molar-refractivity contribution >= 4 is 5.97 Å². The molecule has 22 heavy (non-hydrogen) atoms. The Kier molecular flexibility index (Phi) is 3.36. The predicted molar refractivity (Wildman–Crippen MR) is 88.5 cm³/mol. The molecule has 114 valence electrons. The molecule has 0 aliphatic heterocycles. The first-order valence-corrected chi connectivity index (χ1v) is 7.83. The summed E-state index contributed by atoms with van der Waals surface area (Å²) in [6.07, 6.45) is 0.755. The van der Waals surface area contributed by atoms with E-state index in [2.05, 4.69) is 24.3 Å². The van der Waals surface area contributed by atoms with Gasteiger partial charge < -0.3 is 4.74 Å². The highest BCUT2D eigenvalue weighted by molar-refractivity contribution is 5.83. The fourth-order valence-corrected chi connectivity index (χ4v) is 2.99. The molecule has 0 heterocycles. The third-order valence-corrected chi connectivity index (χ3v) is 4.91. The van der Waals surface area contributed by atoms with E-state index in [0.717, 1.165) is 28.7 Å². The zero-order valence-corrected chi connectivity index (χ0v) is 13.6. The van der Waals surface area contributed by atoms with E-state index in [0.29, 0.717) is 0 Å². The van der Waals surface area contributed by atoms with Gasteiger partial charge in [0.2, 0.25) is 0 Å². The zero-order valence-electron chi connectivity index (χ0n) is 13.6. The maximum absolute atomic E-state index is 12.7. The van der Waals surface area contributed by atoms with E-state index in [-0.39, 0.29) is 5.97 Å². The van der Waals surface area contributed by atoms with Gasteiger partial charge in [0.1, 0.15) is 0 Å². The molecule has 1 aliphatic carbocycles. The van der Waals surface area contributed by atoms with Crippen molar-refractivity contribution in [2.75, 3.05) is 0 Å². The van der Waals surface area contributed by atoms with Crippen LogP contribution < -0.4 is 0 Å². The second-order valence-corrected chi connectivity index (χ2v) is 6.75. The Morgan fingerprint density at radius 3 is 1.91 bits per heavy atom. The van der Waals surface area contributed by atoms with Crippen LogP contribution in [0.1, 0.15) is 45.2 Å². The molecule has 0 amide bonds. The minimum Gasteiger partial charge on any atom is -0.449 e. The van der Waals surface area contributed by atoms with Crippen molar-refractivity contribution in [3.63, 3.8) is 0 Å². The molecule has 0 spiro atoms. The molecule has 1 aliphatic rings. The summed E-state index contributed by atoms with van der Waals surface area (Å²) in [5.74, 6) is -0.149. The van der Waals surface area contributed by atoms with Crippen LogP contribution in [0, 0.1) is 5.41 Å². The van der Waals surface area contributed by atoms with Gasteiger partial charge in [-0.25, -0.2) is 0 Å². The monoisotopic (exact) mass is 294 g/mol. The fourth-order valence-electron chi connectivity index (χ4n) is 2.99. The van der Waals surface area contributed by atoms with Crippen LogP contribution in [0.2, 0.25) is 0 Å². The highest BCUT2D eigenvalue weighted by atomic mass is 16.6. The summed E-state index contributed by atoms with van der Waals surface area (Å²) in [6.45, 7) is 7.89. The van der Waals surface area contributed by atoms with Gasteiger partial charge in [0.15, 0.2) is 5.60 Å². The molecular weight excluding hydrogens is 272 g/mol. The van der Waals surface area contributed by atoms with E-state index >= 15 is 0 Å². The van der Waals surface area contributed by atoms with Crippen LogP contribution >= 0.6 is 0 Å². The summed E-state index contributed by atoms with van der Waals surface area (Å²) in [6, 6.07) is 16.4. The minimum absolute atomic E-state index is 0.149. The van der Waals surface area contributed by atoms with Gasteiger partial charge in [0.05, 0.1) is 5.41 Å². The molecule has 2 aromatic carbocycles. The van der Waals surface area contributed by atoms with Gasteiger partial charge in [0, 0.05) is 11.1 Å². The Balaban J connectivity index is 2.12. The quantitative estimate of drug-likeness (QED) is 0.752. The number of rotatable bonds is 3. The largest absolute Gasteiger partial charge is 0.449 e. The second-order valence-electron chi connectivity index (χ2n) is 6.75. The lowest BCUT2D eigenvalue weighted by molar-refractivity contribution is -0.166. The van der Waals surface area contributed by atoms with Gasteiger partial charge >= 0.3 is 5.97 Å². The Bertz CT molecular complexity index is 682. The Morgan fingerprint density at radius 2 is 1.45 bits per heavy atom. The Hall–Kier alpha value is -2.09. The topological polar surface area (TPSA) is 26.3 Å². The van der Waals surface area contributed by atoms with Crippen LogP contribution in [-0.4, -0.2) is 5.97 Å². The van der Waals surface area contributed by atoms with Crippen LogP contribution in [0.25, 0.3) is 11.1 Å². The number of ether oxygens (including phenoxy) is 1.